The molecular weight excluding hydrogens is 379 g/mol. The molecule has 0 saturated heterocycles. The van der Waals surface area contributed by atoms with Crippen molar-refractivity contribution in [1.82, 2.24) is 15.1 Å². The Hall–Kier alpha value is -3.75. The van der Waals surface area contributed by atoms with Crippen molar-refractivity contribution in [2.45, 2.75) is 19.5 Å². The number of aromatic nitrogens is 2. The SMILES string of the molecule is COc1ccc(C(C)NC(=O)Cn2nc(C(N)=O)c3ccccc3c2=O)cc1F. The van der Waals surface area contributed by atoms with Gasteiger partial charge in [0.15, 0.2) is 17.3 Å². The van der Waals surface area contributed by atoms with Gasteiger partial charge < -0.3 is 15.8 Å². The molecule has 0 spiro atoms. The van der Waals surface area contributed by atoms with Gasteiger partial charge in [-0.05, 0) is 30.7 Å². The number of hydrogen-bond acceptors (Lipinski definition) is 5. The molecule has 2 amide bonds. The van der Waals surface area contributed by atoms with E-state index in [0.29, 0.717) is 10.9 Å². The first-order valence-corrected chi connectivity index (χ1v) is 8.74. The fourth-order valence-corrected chi connectivity index (χ4v) is 2.98. The molecule has 3 N–H and O–H groups in total. The molecule has 0 aliphatic heterocycles. The van der Waals surface area contributed by atoms with Gasteiger partial charge in [0.1, 0.15) is 6.54 Å². The van der Waals surface area contributed by atoms with Crippen LogP contribution in [0.5, 0.6) is 5.75 Å². The molecule has 0 aliphatic carbocycles. The van der Waals surface area contributed by atoms with Crippen LogP contribution in [0.25, 0.3) is 10.8 Å². The third kappa shape index (κ3) is 4.08. The molecule has 1 atom stereocenters. The van der Waals surface area contributed by atoms with Crippen LogP contribution in [0, 0.1) is 5.82 Å². The van der Waals surface area contributed by atoms with E-state index < -0.39 is 35.8 Å². The van der Waals surface area contributed by atoms with Crippen LogP contribution in [0.15, 0.2) is 47.3 Å². The van der Waals surface area contributed by atoms with Gasteiger partial charge >= 0.3 is 0 Å². The first-order valence-electron chi connectivity index (χ1n) is 8.74. The van der Waals surface area contributed by atoms with E-state index in [4.69, 9.17) is 10.5 Å². The molecule has 3 aromatic rings. The summed E-state index contributed by atoms with van der Waals surface area (Å²) in [5, 5.41) is 7.17. The number of halogens is 1. The van der Waals surface area contributed by atoms with Crippen LogP contribution in [0.4, 0.5) is 4.39 Å². The zero-order valence-corrected chi connectivity index (χ0v) is 15.8. The van der Waals surface area contributed by atoms with Gasteiger partial charge in [0.2, 0.25) is 5.91 Å². The van der Waals surface area contributed by atoms with Crippen molar-refractivity contribution in [2.75, 3.05) is 7.11 Å². The van der Waals surface area contributed by atoms with Crippen LogP contribution < -0.4 is 21.3 Å². The Labute approximate surface area is 165 Å². The number of nitrogens with zero attached hydrogens (tertiary/aromatic N) is 2. The van der Waals surface area contributed by atoms with E-state index in [9.17, 15) is 18.8 Å². The second-order valence-corrected chi connectivity index (χ2v) is 6.40. The molecule has 0 fully saturated rings. The van der Waals surface area contributed by atoms with Gasteiger partial charge in [-0.1, -0.05) is 24.3 Å². The van der Waals surface area contributed by atoms with Crippen LogP contribution in [-0.4, -0.2) is 28.7 Å². The average molecular weight is 398 g/mol. The summed E-state index contributed by atoms with van der Waals surface area (Å²) in [4.78, 5) is 36.8. The molecule has 1 aromatic heterocycles. The third-order valence-corrected chi connectivity index (χ3v) is 4.45. The normalized spacial score (nSPS) is 11.8. The standard InChI is InChI=1S/C20H19FN4O4/c1-11(12-7-8-16(29-2)15(21)9-12)23-17(26)10-25-20(28)14-6-4-3-5-13(14)18(24-25)19(22)27/h3-9,11H,10H2,1-2H3,(H2,22,27)(H,23,26). The van der Waals surface area contributed by atoms with E-state index in [1.54, 1.807) is 31.2 Å². The quantitative estimate of drug-likeness (QED) is 0.653. The minimum atomic E-state index is -0.808. The number of methoxy groups -OCH3 is 1. The second-order valence-electron chi connectivity index (χ2n) is 6.40. The molecule has 9 heteroatoms. The summed E-state index contributed by atoms with van der Waals surface area (Å²) < 4.78 is 19.6. The number of rotatable bonds is 6. The highest BCUT2D eigenvalue weighted by molar-refractivity contribution is 6.04. The predicted octanol–water partition coefficient (Wildman–Crippen LogP) is 1.52. The number of fused-ring (bicyclic) bond motifs is 1. The van der Waals surface area contributed by atoms with Gasteiger partial charge in [0.25, 0.3) is 11.5 Å². The minimum absolute atomic E-state index is 0.0955. The summed E-state index contributed by atoms with van der Waals surface area (Å²) in [7, 11) is 1.36. The molecule has 0 aliphatic rings. The van der Waals surface area contributed by atoms with E-state index in [0.717, 1.165) is 4.68 Å². The van der Waals surface area contributed by atoms with Crippen molar-refractivity contribution in [3.8, 4) is 5.75 Å². The number of hydrogen-bond donors (Lipinski definition) is 2. The van der Waals surface area contributed by atoms with Crippen LogP contribution in [-0.2, 0) is 11.3 Å². The van der Waals surface area contributed by atoms with Crippen LogP contribution in [0.1, 0.15) is 29.0 Å². The van der Waals surface area contributed by atoms with E-state index in [2.05, 4.69) is 10.4 Å². The fraction of sp³-hybridized carbons (Fsp3) is 0.200. The van der Waals surface area contributed by atoms with Gasteiger partial charge in [-0.25, -0.2) is 9.07 Å². The second kappa shape index (κ2) is 8.09. The third-order valence-electron chi connectivity index (χ3n) is 4.45. The maximum absolute atomic E-state index is 13.9. The van der Waals surface area contributed by atoms with E-state index in [1.165, 1.54) is 25.3 Å². The first kappa shape index (κ1) is 20.0. The van der Waals surface area contributed by atoms with Gasteiger partial charge in [-0.2, -0.15) is 5.10 Å². The van der Waals surface area contributed by atoms with Crippen LogP contribution in [0.2, 0.25) is 0 Å². The van der Waals surface area contributed by atoms with E-state index in [-0.39, 0.29) is 16.8 Å². The number of carbonyl (C=O) groups excluding carboxylic acids is 2. The summed E-state index contributed by atoms with van der Waals surface area (Å²) >= 11 is 0. The number of primary amides is 1. The van der Waals surface area contributed by atoms with Crippen LogP contribution in [0.3, 0.4) is 0 Å². The summed E-state index contributed by atoms with van der Waals surface area (Å²) in [5.74, 6) is -1.80. The molecule has 0 radical (unpaired) electrons. The van der Waals surface area contributed by atoms with Gasteiger partial charge in [0, 0.05) is 5.39 Å². The highest BCUT2D eigenvalue weighted by atomic mass is 19.1. The van der Waals surface area contributed by atoms with Crippen molar-refractivity contribution in [3.05, 3.63) is 69.9 Å². The molecule has 29 heavy (non-hydrogen) atoms. The lowest BCUT2D eigenvalue weighted by atomic mass is 10.1. The maximum Gasteiger partial charge on any atom is 0.275 e. The Morgan fingerprint density at radius 1 is 1.24 bits per heavy atom. The van der Waals surface area contributed by atoms with E-state index in [1.807, 2.05) is 0 Å². The monoisotopic (exact) mass is 398 g/mol. The molecule has 1 heterocycles. The molecule has 1 unspecified atom stereocenters. The summed E-state index contributed by atoms with van der Waals surface area (Å²) in [6.45, 7) is 1.25. The molecule has 3 rings (SSSR count). The summed E-state index contributed by atoms with van der Waals surface area (Å²) in [6, 6.07) is 10.2. The predicted molar refractivity (Wildman–Crippen MR) is 104 cm³/mol. The average Bonchev–Trinajstić information content (AvgIpc) is 2.69. The Bertz CT molecular complexity index is 1160. The van der Waals surface area contributed by atoms with Gasteiger partial charge in [-0.15, -0.1) is 0 Å². The molecule has 0 saturated carbocycles. The number of ether oxygens (including phenoxy) is 1. The van der Waals surface area contributed by atoms with Gasteiger partial charge in [0.05, 0.1) is 18.5 Å². The van der Waals surface area contributed by atoms with Crippen molar-refractivity contribution in [2.24, 2.45) is 5.73 Å². The molecule has 8 nitrogen and oxygen atoms in total. The maximum atomic E-state index is 13.9. The summed E-state index contributed by atoms with van der Waals surface area (Å²) in [5.41, 5.74) is 5.26. The van der Waals surface area contributed by atoms with Crippen molar-refractivity contribution < 1.29 is 18.7 Å². The molecule has 0 bridgehead atoms. The number of benzene rings is 2. The van der Waals surface area contributed by atoms with E-state index >= 15 is 0 Å². The van der Waals surface area contributed by atoms with Crippen LogP contribution >= 0.6 is 0 Å². The lowest BCUT2D eigenvalue weighted by Gasteiger charge is -2.16. The first-order chi connectivity index (χ1) is 13.8. The minimum Gasteiger partial charge on any atom is -0.494 e. The molecule has 2 aromatic carbocycles. The molecule has 150 valence electrons. The number of carbonyl (C=O) groups is 2. The van der Waals surface area contributed by atoms with Crippen molar-refractivity contribution >= 4 is 22.6 Å². The zero-order valence-electron chi connectivity index (χ0n) is 15.8. The fourth-order valence-electron chi connectivity index (χ4n) is 2.98. The lowest BCUT2D eigenvalue weighted by Crippen LogP contribution is -2.36. The highest BCUT2D eigenvalue weighted by Gasteiger charge is 2.17. The Kier molecular flexibility index (Phi) is 5.58. The smallest absolute Gasteiger partial charge is 0.275 e. The topological polar surface area (TPSA) is 116 Å². The summed E-state index contributed by atoms with van der Waals surface area (Å²) in [6.07, 6.45) is 0. The highest BCUT2D eigenvalue weighted by Crippen LogP contribution is 2.21. The number of nitrogens with one attached hydrogen (secondary N) is 1. The molecular formula is C20H19FN4O4. The largest absolute Gasteiger partial charge is 0.494 e. The zero-order chi connectivity index (χ0) is 21.1. The van der Waals surface area contributed by atoms with Gasteiger partial charge in [-0.3, -0.25) is 14.4 Å². The Balaban J connectivity index is 1.84. The van der Waals surface area contributed by atoms with Crippen molar-refractivity contribution in [1.29, 1.82) is 0 Å². The Morgan fingerprint density at radius 3 is 2.55 bits per heavy atom. The lowest BCUT2D eigenvalue weighted by molar-refractivity contribution is -0.122. The number of nitrogens with two attached hydrogens (primary N) is 1. The Morgan fingerprint density at radius 2 is 1.93 bits per heavy atom. The van der Waals surface area contributed by atoms with Crippen molar-refractivity contribution in [3.63, 3.8) is 0 Å². The number of amides is 2.